The molecule has 1 N–H and O–H groups in total. The van der Waals surface area contributed by atoms with Gasteiger partial charge in [0.25, 0.3) is 0 Å². The summed E-state index contributed by atoms with van der Waals surface area (Å²) < 4.78 is 27.4. The van der Waals surface area contributed by atoms with E-state index in [4.69, 9.17) is 11.6 Å². The maximum absolute atomic E-state index is 12.9. The fraction of sp³-hybridized carbons (Fsp3) is 0.357. The van der Waals surface area contributed by atoms with Gasteiger partial charge in [-0.3, -0.25) is 0 Å². The highest BCUT2D eigenvalue weighted by Crippen LogP contribution is 2.36. The van der Waals surface area contributed by atoms with Crippen LogP contribution in [-0.4, -0.2) is 29.2 Å². The summed E-state index contributed by atoms with van der Waals surface area (Å²) in [4.78, 5) is 7.49. The first-order chi connectivity index (χ1) is 10.00. The minimum absolute atomic E-state index is 0.233. The average molecular weight is 326 g/mol. The van der Waals surface area contributed by atoms with Gasteiger partial charge >= 0.3 is 0 Å². The third-order valence-corrected chi connectivity index (χ3v) is 6.06. The molecule has 0 spiro atoms. The molecule has 0 amide bonds. The summed E-state index contributed by atoms with van der Waals surface area (Å²) >= 11 is 5.96. The molecule has 1 atom stereocenters. The second-order valence-electron chi connectivity index (χ2n) is 5.16. The van der Waals surface area contributed by atoms with Gasteiger partial charge in [0.1, 0.15) is 5.82 Å². The molecule has 0 bridgehead atoms. The van der Waals surface area contributed by atoms with Crippen molar-refractivity contribution >= 4 is 21.6 Å². The highest BCUT2D eigenvalue weighted by atomic mass is 35.5. The van der Waals surface area contributed by atoms with Gasteiger partial charge in [0.05, 0.1) is 10.9 Å². The number of aryl methyl sites for hydroxylation is 1. The van der Waals surface area contributed by atoms with Crippen LogP contribution in [0, 0.1) is 6.92 Å². The molecule has 2 aromatic rings. The molecule has 2 heterocycles. The number of halogens is 1. The molecule has 0 aliphatic carbocycles. The number of aromatic nitrogens is 2. The molecule has 0 saturated carbocycles. The first-order valence-corrected chi connectivity index (χ1v) is 8.59. The smallest absolute Gasteiger partial charge is 0.244 e. The molecule has 0 unspecified atom stereocenters. The van der Waals surface area contributed by atoms with Gasteiger partial charge < -0.3 is 4.98 Å². The molecule has 1 aliphatic rings. The predicted molar refractivity (Wildman–Crippen MR) is 80.6 cm³/mol. The number of aromatic amines is 1. The second kappa shape index (κ2) is 5.44. The Kier molecular flexibility index (Phi) is 3.77. The van der Waals surface area contributed by atoms with Crippen LogP contribution in [0.25, 0.3) is 0 Å². The van der Waals surface area contributed by atoms with Gasteiger partial charge in [-0.1, -0.05) is 17.7 Å². The number of nitrogens with zero attached hydrogens (tertiary/aromatic N) is 2. The molecule has 0 radical (unpaired) electrons. The second-order valence-corrected chi connectivity index (χ2v) is 7.45. The Morgan fingerprint density at radius 3 is 2.95 bits per heavy atom. The zero-order valence-corrected chi connectivity index (χ0v) is 13.2. The van der Waals surface area contributed by atoms with Gasteiger partial charge in [-0.2, -0.15) is 4.31 Å². The van der Waals surface area contributed by atoms with Gasteiger partial charge in [-0.15, -0.1) is 0 Å². The summed E-state index contributed by atoms with van der Waals surface area (Å²) in [7, 11) is -3.58. The van der Waals surface area contributed by atoms with E-state index < -0.39 is 10.0 Å². The number of H-pyrrole nitrogens is 1. The van der Waals surface area contributed by atoms with E-state index in [1.54, 1.807) is 31.5 Å². The van der Waals surface area contributed by atoms with Gasteiger partial charge in [0.2, 0.25) is 10.0 Å². The van der Waals surface area contributed by atoms with Gasteiger partial charge in [0.15, 0.2) is 0 Å². The van der Waals surface area contributed by atoms with Crippen molar-refractivity contribution < 1.29 is 8.42 Å². The Labute approximate surface area is 129 Å². The first-order valence-electron chi connectivity index (χ1n) is 6.77. The molecule has 5 nitrogen and oxygen atoms in total. The van der Waals surface area contributed by atoms with E-state index in [-0.39, 0.29) is 10.9 Å². The number of nitrogens with one attached hydrogen (secondary N) is 1. The van der Waals surface area contributed by atoms with Crippen LogP contribution in [0.5, 0.6) is 0 Å². The zero-order chi connectivity index (χ0) is 15.0. The van der Waals surface area contributed by atoms with Crippen LogP contribution in [0.1, 0.15) is 30.3 Å². The number of benzene rings is 1. The molecule has 1 aromatic carbocycles. The van der Waals surface area contributed by atoms with Crippen molar-refractivity contribution in [2.75, 3.05) is 6.54 Å². The van der Waals surface area contributed by atoms with Crippen LogP contribution < -0.4 is 0 Å². The number of imidazole rings is 1. The first kappa shape index (κ1) is 14.6. The number of hydrogen-bond donors (Lipinski definition) is 1. The van der Waals surface area contributed by atoms with Gasteiger partial charge in [-0.05, 0) is 37.5 Å². The molecule has 1 fully saturated rings. The Balaban J connectivity index is 2.03. The lowest BCUT2D eigenvalue weighted by Crippen LogP contribution is -2.31. The van der Waals surface area contributed by atoms with Crippen LogP contribution in [0.2, 0.25) is 5.02 Å². The number of sulfonamides is 1. The summed E-state index contributed by atoms with van der Waals surface area (Å²) in [6.07, 6.45) is 4.95. The normalized spacial score (nSPS) is 20.0. The summed E-state index contributed by atoms with van der Waals surface area (Å²) in [5.41, 5.74) is 0.699. The predicted octanol–water partition coefficient (Wildman–Crippen LogP) is 2.90. The lowest BCUT2D eigenvalue weighted by Gasteiger charge is -2.23. The zero-order valence-electron chi connectivity index (χ0n) is 11.6. The Bertz CT molecular complexity index is 744. The van der Waals surface area contributed by atoms with Crippen molar-refractivity contribution in [3.8, 4) is 0 Å². The summed E-state index contributed by atoms with van der Waals surface area (Å²) in [6, 6.07) is 4.71. The van der Waals surface area contributed by atoms with Crippen molar-refractivity contribution in [3.05, 3.63) is 47.0 Å². The van der Waals surface area contributed by atoms with E-state index >= 15 is 0 Å². The maximum atomic E-state index is 12.9. The van der Waals surface area contributed by atoms with Crippen molar-refractivity contribution in [1.29, 1.82) is 0 Å². The Hall–Kier alpha value is -1.37. The quantitative estimate of drug-likeness (QED) is 0.943. The largest absolute Gasteiger partial charge is 0.347 e. The van der Waals surface area contributed by atoms with E-state index in [9.17, 15) is 8.42 Å². The van der Waals surface area contributed by atoms with Crippen molar-refractivity contribution in [2.45, 2.75) is 30.7 Å². The molecule has 21 heavy (non-hydrogen) atoms. The van der Waals surface area contributed by atoms with Crippen LogP contribution in [-0.2, 0) is 10.0 Å². The monoisotopic (exact) mass is 325 g/mol. The molecular weight excluding hydrogens is 310 g/mol. The average Bonchev–Trinajstić information content (AvgIpc) is 3.10. The molecule has 3 rings (SSSR count). The van der Waals surface area contributed by atoms with Crippen LogP contribution in [0.4, 0.5) is 0 Å². The molecule has 7 heteroatoms. The minimum atomic E-state index is -3.58. The van der Waals surface area contributed by atoms with Gasteiger partial charge in [0, 0.05) is 24.0 Å². The maximum Gasteiger partial charge on any atom is 0.244 e. The topological polar surface area (TPSA) is 66.1 Å². The molecule has 1 saturated heterocycles. The van der Waals surface area contributed by atoms with Crippen molar-refractivity contribution in [3.63, 3.8) is 0 Å². The van der Waals surface area contributed by atoms with E-state index in [1.807, 2.05) is 0 Å². The third kappa shape index (κ3) is 2.59. The summed E-state index contributed by atoms with van der Waals surface area (Å²) in [6.45, 7) is 2.28. The number of hydrogen-bond acceptors (Lipinski definition) is 3. The fourth-order valence-electron chi connectivity index (χ4n) is 2.74. The highest BCUT2D eigenvalue weighted by Gasteiger charge is 2.38. The van der Waals surface area contributed by atoms with Crippen LogP contribution in [0.15, 0.2) is 35.5 Å². The molecular formula is C14H16ClN3O2S. The summed E-state index contributed by atoms with van der Waals surface area (Å²) in [5, 5.41) is 0.424. The SMILES string of the molecule is Cc1ccc(Cl)cc1S(=O)(=O)N1CCC[C@@H]1c1ncc[nH]1. The van der Waals surface area contributed by atoms with Crippen molar-refractivity contribution in [1.82, 2.24) is 14.3 Å². The minimum Gasteiger partial charge on any atom is -0.347 e. The Morgan fingerprint density at radius 2 is 2.24 bits per heavy atom. The molecule has 112 valence electrons. The number of rotatable bonds is 3. The van der Waals surface area contributed by atoms with E-state index in [2.05, 4.69) is 9.97 Å². The van der Waals surface area contributed by atoms with E-state index in [1.165, 1.54) is 10.4 Å². The molecule has 1 aliphatic heterocycles. The standard InChI is InChI=1S/C14H16ClN3O2S/c1-10-4-5-11(15)9-13(10)21(19,20)18-8-2-3-12(18)14-16-6-7-17-14/h4-7,9,12H,2-3,8H2,1H3,(H,16,17)/t12-/m1/s1. The van der Waals surface area contributed by atoms with E-state index in [0.29, 0.717) is 23.0 Å². The summed E-state index contributed by atoms with van der Waals surface area (Å²) in [5.74, 6) is 0.691. The van der Waals surface area contributed by atoms with Gasteiger partial charge in [-0.25, -0.2) is 13.4 Å². The fourth-order valence-corrected chi connectivity index (χ4v) is 4.89. The Morgan fingerprint density at radius 1 is 1.43 bits per heavy atom. The van der Waals surface area contributed by atoms with Crippen LogP contribution >= 0.6 is 11.6 Å². The van der Waals surface area contributed by atoms with Crippen molar-refractivity contribution in [2.24, 2.45) is 0 Å². The van der Waals surface area contributed by atoms with E-state index in [0.717, 1.165) is 12.8 Å². The third-order valence-electron chi connectivity index (χ3n) is 3.78. The van der Waals surface area contributed by atoms with Crippen LogP contribution in [0.3, 0.4) is 0 Å². The lowest BCUT2D eigenvalue weighted by atomic mass is 10.2. The molecule has 1 aromatic heterocycles. The highest BCUT2D eigenvalue weighted by molar-refractivity contribution is 7.89. The lowest BCUT2D eigenvalue weighted by molar-refractivity contribution is 0.385.